The second-order valence-corrected chi connectivity index (χ2v) is 6.30. The Hall–Kier alpha value is -1.30. The SMILES string of the molecule is COCCNC(=O)N1CCCN(C(=O)CC2CCCC2)CC1. The van der Waals surface area contributed by atoms with Crippen LogP contribution in [0.15, 0.2) is 0 Å². The van der Waals surface area contributed by atoms with Gasteiger partial charge in [0.15, 0.2) is 0 Å². The molecule has 0 aromatic rings. The van der Waals surface area contributed by atoms with Gasteiger partial charge in [0.05, 0.1) is 6.61 Å². The normalized spacial score (nSPS) is 20.0. The largest absolute Gasteiger partial charge is 0.383 e. The third kappa shape index (κ3) is 5.16. The maximum Gasteiger partial charge on any atom is 0.317 e. The van der Waals surface area contributed by atoms with Crippen molar-refractivity contribution in [3.8, 4) is 0 Å². The lowest BCUT2D eigenvalue weighted by atomic mass is 10.0. The zero-order chi connectivity index (χ0) is 15.8. The predicted molar refractivity (Wildman–Crippen MR) is 84.6 cm³/mol. The molecular weight excluding hydrogens is 282 g/mol. The molecule has 22 heavy (non-hydrogen) atoms. The fourth-order valence-corrected chi connectivity index (χ4v) is 3.33. The van der Waals surface area contributed by atoms with Crippen LogP contribution in [0, 0.1) is 5.92 Å². The number of hydrogen-bond acceptors (Lipinski definition) is 3. The summed E-state index contributed by atoms with van der Waals surface area (Å²) in [6.45, 7) is 3.81. The second kappa shape index (κ2) is 8.98. The first-order chi connectivity index (χ1) is 10.7. The molecule has 1 saturated heterocycles. The highest BCUT2D eigenvalue weighted by Crippen LogP contribution is 2.28. The van der Waals surface area contributed by atoms with Gasteiger partial charge < -0.3 is 19.9 Å². The average molecular weight is 311 g/mol. The van der Waals surface area contributed by atoms with E-state index in [0.29, 0.717) is 45.1 Å². The summed E-state index contributed by atoms with van der Waals surface area (Å²) in [5.74, 6) is 0.859. The van der Waals surface area contributed by atoms with E-state index < -0.39 is 0 Å². The molecule has 1 heterocycles. The van der Waals surface area contributed by atoms with Gasteiger partial charge >= 0.3 is 6.03 Å². The van der Waals surface area contributed by atoms with Crippen LogP contribution < -0.4 is 5.32 Å². The monoisotopic (exact) mass is 311 g/mol. The van der Waals surface area contributed by atoms with Gasteiger partial charge in [0.2, 0.25) is 5.91 Å². The smallest absolute Gasteiger partial charge is 0.317 e. The quantitative estimate of drug-likeness (QED) is 0.782. The zero-order valence-electron chi connectivity index (χ0n) is 13.7. The summed E-state index contributed by atoms with van der Waals surface area (Å²) in [6.07, 6.45) is 6.50. The molecule has 6 heteroatoms. The molecule has 1 N–H and O–H groups in total. The van der Waals surface area contributed by atoms with E-state index in [4.69, 9.17) is 4.74 Å². The van der Waals surface area contributed by atoms with Crippen molar-refractivity contribution < 1.29 is 14.3 Å². The van der Waals surface area contributed by atoms with Gasteiger partial charge in [-0.2, -0.15) is 0 Å². The Labute approximate surface area is 133 Å². The Morgan fingerprint density at radius 2 is 1.73 bits per heavy atom. The van der Waals surface area contributed by atoms with Crippen molar-refractivity contribution in [2.45, 2.75) is 38.5 Å². The van der Waals surface area contributed by atoms with Crippen LogP contribution in [0.5, 0.6) is 0 Å². The van der Waals surface area contributed by atoms with Crippen molar-refractivity contribution in [3.63, 3.8) is 0 Å². The van der Waals surface area contributed by atoms with Crippen molar-refractivity contribution in [2.24, 2.45) is 5.92 Å². The number of carbonyl (C=O) groups is 2. The van der Waals surface area contributed by atoms with Crippen molar-refractivity contribution in [1.29, 1.82) is 0 Å². The molecule has 2 fully saturated rings. The fraction of sp³-hybridized carbons (Fsp3) is 0.875. The predicted octanol–water partition coefficient (Wildman–Crippen LogP) is 1.46. The third-order valence-electron chi connectivity index (χ3n) is 4.66. The number of hydrogen-bond donors (Lipinski definition) is 1. The van der Waals surface area contributed by atoms with E-state index in [1.54, 1.807) is 12.0 Å². The molecule has 3 amide bonds. The second-order valence-electron chi connectivity index (χ2n) is 6.30. The van der Waals surface area contributed by atoms with Crippen LogP contribution in [0.3, 0.4) is 0 Å². The summed E-state index contributed by atoms with van der Waals surface area (Å²) in [5, 5.41) is 2.84. The molecule has 1 saturated carbocycles. The molecule has 126 valence electrons. The number of methoxy groups -OCH3 is 1. The van der Waals surface area contributed by atoms with Crippen LogP contribution in [0.25, 0.3) is 0 Å². The molecular formula is C16H29N3O3. The van der Waals surface area contributed by atoms with E-state index >= 15 is 0 Å². The van der Waals surface area contributed by atoms with Gasteiger partial charge in [-0.3, -0.25) is 4.79 Å². The molecule has 2 aliphatic rings. The summed E-state index contributed by atoms with van der Waals surface area (Å²) in [6, 6.07) is -0.0536. The van der Waals surface area contributed by atoms with E-state index in [9.17, 15) is 9.59 Å². The molecule has 0 aromatic carbocycles. The summed E-state index contributed by atoms with van der Waals surface area (Å²) in [4.78, 5) is 28.2. The molecule has 6 nitrogen and oxygen atoms in total. The zero-order valence-corrected chi connectivity index (χ0v) is 13.7. The Bertz CT molecular complexity index is 370. The van der Waals surface area contributed by atoms with Crippen LogP contribution in [-0.4, -0.2) is 68.2 Å². The van der Waals surface area contributed by atoms with E-state index in [2.05, 4.69) is 5.32 Å². The van der Waals surface area contributed by atoms with E-state index in [1.165, 1.54) is 25.7 Å². The summed E-state index contributed by atoms with van der Waals surface area (Å²) in [7, 11) is 1.62. The fourth-order valence-electron chi connectivity index (χ4n) is 3.33. The van der Waals surface area contributed by atoms with E-state index in [0.717, 1.165) is 13.0 Å². The summed E-state index contributed by atoms with van der Waals surface area (Å²) >= 11 is 0. The number of amides is 3. The number of nitrogens with zero attached hydrogens (tertiary/aromatic N) is 2. The molecule has 2 rings (SSSR count). The van der Waals surface area contributed by atoms with Crippen LogP contribution in [0.2, 0.25) is 0 Å². The van der Waals surface area contributed by atoms with Gasteiger partial charge in [0.25, 0.3) is 0 Å². The molecule has 0 bridgehead atoms. The van der Waals surface area contributed by atoms with Crippen LogP contribution >= 0.6 is 0 Å². The standard InChI is InChI=1S/C16H29N3O3/c1-22-12-7-17-16(21)19-9-4-8-18(10-11-19)15(20)13-14-5-2-3-6-14/h14H,2-13H2,1H3,(H,17,21). The molecule has 0 spiro atoms. The minimum Gasteiger partial charge on any atom is -0.383 e. The number of rotatable bonds is 5. The van der Waals surface area contributed by atoms with Crippen LogP contribution in [-0.2, 0) is 9.53 Å². The van der Waals surface area contributed by atoms with Crippen molar-refractivity contribution >= 4 is 11.9 Å². The minimum atomic E-state index is -0.0536. The van der Waals surface area contributed by atoms with Gasteiger partial charge in [0.1, 0.15) is 0 Å². The number of carbonyl (C=O) groups excluding carboxylic acids is 2. The van der Waals surface area contributed by atoms with E-state index in [-0.39, 0.29) is 11.9 Å². The van der Waals surface area contributed by atoms with Crippen molar-refractivity contribution in [1.82, 2.24) is 15.1 Å². The van der Waals surface area contributed by atoms with Gasteiger partial charge in [-0.05, 0) is 25.2 Å². The van der Waals surface area contributed by atoms with Gasteiger partial charge in [-0.25, -0.2) is 4.79 Å². The van der Waals surface area contributed by atoms with Gasteiger partial charge in [-0.1, -0.05) is 12.8 Å². The molecule has 1 aliphatic carbocycles. The van der Waals surface area contributed by atoms with Gasteiger partial charge in [0, 0.05) is 46.3 Å². The molecule has 1 aliphatic heterocycles. The van der Waals surface area contributed by atoms with Crippen LogP contribution in [0.1, 0.15) is 38.5 Å². The maximum atomic E-state index is 12.4. The van der Waals surface area contributed by atoms with E-state index in [1.807, 2.05) is 4.90 Å². The lowest BCUT2D eigenvalue weighted by Crippen LogP contribution is -2.43. The lowest BCUT2D eigenvalue weighted by molar-refractivity contribution is -0.132. The first-order valence-electron chi connectivity index (χ1n) is 8.50. The highest BCUT2D eigenvalue weighted by atomic mass is 16.5. The highest BCUT2D eigenvalue weighted by molar-refractivity contribution is 5.77. The Balaban J connectivity index is 1.73. The maximum absolute atomic E-state index is 12.4. The Morgan fingerprint density at radius 3 is 2.45 bits per heavy atom. The number of nitrogens with one attached hydrogen (secondary N) is 1. The lowest BCUT2D eigenvalue weighted by Gasteiger charge is -2.23. The topological polar surface area (TPSA) is 61.9 Å². The first kappa shape index (κ1) is 17.1. The van der Waals surface area contributed by atoms with Gasteiger partial charge in [-0.15, -0.1) is 0 Å². The molecule has 0 radical (unpaired) electrons. The highest BCUT2D eigenvalue weighted by Gasteiger charge is 2.25. The van der Waals surface area contributed by atoms with Crippen molar-refractivity contribution in [2.75, 3.05) is 46.4 Å². The summed E-state index contributed by atoms with van der Waals surface area (Å²) in [5.41, 5.74) is 0. The number of ether oxygens (including phenoxy) is 1. The minimum absolute atomic E-state index is 0.0536. The van der Waals surface area contributed by atoms with Crippen LogP contribution in [0.4, 0.5) is 4.79 Å². The molecule has 0 atom stereocenters. The molecule has 0 aromatic heterocycles. The van der Waals surface area contributed by atoms with Crippen molar-refractivity contribution in [3.05, 3.63) is 0 Å². The first-order valence-corrected chi connectivity index (χ1v) is 8.50. The molecule has 0 unspecified atom stereocenters. The number of urea groups is 1. The Morgan fingerprint density at radius 1 is 1.05 bits per heavy atom. The third-order valence-corrected chi connectivity index (χ3v) is 4.66. The summed E-state index contributed by atoms with van der Waals surface area (Å²) < 4.78 is 4.93. The average Bonchev–Trinajstić information content (AvgIpc) is 2.88. The Kier molecular flexibility index (Phi) is 6.96.